The van der Waals surface area contributed by atoms with Crippen molar-refractivity contribution in [1.82, 2.24) is 0 Å². The van der Waals surface area contributed by atoms with Gasteiger partial charge in [0, 0.05) is 12.0 Å². The third-order valence-electron chi connectivity index (χ3n) is 7.98. The first-order valence-corrected chi connectivity index (χ1v) is 11.7. The number of anilines is 1. The van der Waals surface area contributed by atoms with Crippen LogP contribution in [0.15, 0.2) is 36.4 Å². The van der Waals surface area contributed by atoms with Crippen LogP contribution in [0.25, 0.3) is 0 Å². The predicted octanol–water partition coefficient (Wildman–Crippen LogP) is 4.06. The Hall–Kier alpha value is -3.78. The SMILES string of the molecule is C[C@]12O[C@](C)(C[C@H]1COc1ccc3c(c1)OCO3)[C@H]1C(=O)N(c3ccc(C#N)c(C(F)(F)F)c3)C(=O)[C@H]12. The number of amides is 2. The minimum atomic E-state index is -4.82. The highest BCUT2D eigenvalue weighted by Gasteiger charge is 2.75. The van der Waals surface area contributed by atoms with Gasteiger partial charge in [0.05, 0.1) is 52.5 Å². The van der Waals surface area contributed by atoms with Crippen molar-refractivity contribution in [2.24, 2.45) is 17.8 Å². The molecule has 0 aromatic heterocycles. The van der Waals surface area contributed by atoms with Gasteiger partial charge in [-0.15, -0.1) is 0 Å². The van der Waals surface area contributed by atoms with Gasteiger partial charge in [-0.25, -0.2) is 4.90 Å². The lowest BCUT2D eigenvalue weighted by Crippen LogP contribution is -2.48. The van der Waals surface area contributed by atoms with Gasteiger partial charge >= 0.3 is 6.18 Å². The van der Waals surface area contributed by atoms with Crippen molar-refractivity contribution >= 4 is 17.5 Å². The second kappa shape index (κ2) is 7.61. The number of carbonyl (C=O) groups is 2. The fourth-order valence-corrected chi connectivity index (χ4v) is 6.33. The summed E-state index contributed by atoms with van der Waals surface area (Å²) >= 11 is 0. The van der Waals surface area contributed by atoms with Crippen LogP contribution in [0.5, 0.6) is 17.2 Å². The number of hydrogen-bond acceptors (Lipinski definition) is 7. The molecule has 0 aliphatic carbocycles. The number of halogens is 3. The first kappa shape index (κ1) is 23.6. The fraction of sp³-hybridized carbons (Fsp3) is 0.423. The zero-order valence-electron chi connectivity index (χ0n) is 19.8. The van der Waals surface area contributed by atoms with E-state index in [1.54, 1.807) is 32.0 Å². The molecule has 4 aliphatic rings. The highest BCUT2D eigenvalue weighted by atomic mass is 19.4. The van der Waals surface area contributed by atoms with Crippen LogP contribution in [-0.2, 0) is 20.5 Å². The number of carbonyl (C=O) groups excluding carboxylic acids is 2. The molecule has 3 saturated heterocycles. The van der Waals surface area contributed by atoms with Crippen molar-refractivity contribution in [2.45, 2.75) is 37.6 Å². The minimum Gasteiger partial charge on any atom is -0.493 e. The van der Waals surface area contributed by atoms with E-state index in [0.29, 0.717) is 29.7 Å². The summed E-state index contributed by atoms with van der Waals surface area (Å²) in [6.07, 6.45) is -4.39. The zero-order valence-corrected chi connectivity index (χ0v) is 19.8. The van der Waals surface area contributed by atoms with Crippen LogP contribution < -0.4 is 19.1 Å². The Bertz CT molecular complexity index is 1390. The van der Waals surface area contributed by atoms with Crippen molar-refractivity contribution in [3.8, 4) is 23.3 Å². The molecule has 0 spiro atoms. The van der Waals surface area contributed by atoms with E-state index in [1.807, 2.05) is 0 Å². The molecule has 11 heteroatoms. The van der Waals surface area contributed by atoms with E-state index in [4.69, 9.17) is 24.2 Å². The number of benzene rings is 2. The highest BCUT2D eigenvalue weighted by Crippen LogP contribution is 2.63. The molecule has 8 nitrogen and oxygen atoms in total. The Morgan fingerprint density at radius 1 is 1.08 bits per heavy atom. The van der Waals surface area contributed by atoms with Crippen LogP contribution in [0, 0.1) is 29.1 Å². The van der Waals surface area contributed by atoms with Crippen LogP contribution in [0.4, 0.5) is 18.9 Å². The lowest BCUT2D eigenvalue weighted by Gasteiger charge is -2.35. The standard InChI is InChI=1S/C26H21F3N2O6/c1-24-9-14(11-34-16-5-6-18-19(8-16)36-12-35-18)25(2,37-24)21-20(24)22(32)31(23(21)33)15-4-3-13(10-30)17(7-15)26(27,28)29/h3-8,14,20-21H,9,11-12H2,1-2H3/t14-,20+,21-,24+,25-/m0/s1. The summed E-state index contributed by atoms with van der Waals surface area (Å²) in [5.74, 6) is -1.47. The van der Waals surface area contributed by atoms with Crippen LogP contribution in [0.3, 0.4) is 0 Å². The lowest BCUT2D eigenvalue weighted by atomic mass is 9.64. The molecule has 2 aromatic rings. The van der Waals surface area contributed by atoms with Gasteiger partial charge in [0.15, 0.2) is 11.5 Å². The number of alkyl halides is 3. The smallest absolute Gasteiger partial charge is 0.417 e. The Balaban J connectivity index is 1.28. The number of ether oxygens (including phenoxy) is 4. The molecule has 2 amide bonds. The zero-order chi connectivity index (χ0) is 26.3. The first-order chi connectivity index (χ1) is 17.5. The number of fused-ring (bicyclic) bond motifs is 6. The molecule has 6 rings (SSSR count). The van der Waals surface area contributed by atoms with Crippen molar-refractivity contribution in [3.05, 3.63) is 47.5 Å². The van der Waals surface area contributed by atoms with Gasteiger partial charge in [-0.2, -0.15) is 18.4 Å². The molecule has 3 fully saturated rings. The van der Waals surface area contributed by atoms with Gasteiger partial charge in [-0.3, -0.25) is 9.59 Å². The second-order valence-electron chi connectivity index (χ2n) is 10.1. The van der Waals surface area contributed by atoms with Gasteiger partial charge in [0.1, 0.15) is 5.75 Å². The average molecular weight is 514 g/mol. The molecular formula is C26H21F3N2O6. The molecule has 0 radical (unpaired) electrons. The van der Waals surface area contributed by atoms with Gasteiger partial charge in [0.25, 0.3) is 0 Å². The van der Waals surface area contributed by atoms with E-state index >= 15 is 0 Å². The van der Waals surface area contributed by atoms with Crippen molar-refractivity contribution < 1.29 is 41.7 Å². The normalized spacial score (nSPS) is 31.6. The Morgan fingerprint density at radius 2 is 1.81 bits per heavy atom. The first-order valence-electron chi connectivity index (χ1n) is 11.7. The summed E-state index contributed by atoms with van der Waals surface area (Å²) in [7, 11) is 0. The maximum Gasteiger partial charge on any atom is 0.417 e. The van der Waals surface area contributed by atoms with E-state index in [0.717, 1.165) is 11.0 Å². The predicted molar refractivity (Wildman–Crippen MR) is 120 cm³/mol. The van der Waals surface area contributed by atoms with Crippen LogP contribution in [0.2, 0.25) is 0 Å². The van der Waals surface area contributed by atoms with Crippen molar-refractivity contribution in [2.75, 3.05) is 18.3 Å². The van der Waals surface area contributed by atoms with Crippen molar-refractivity contribution in [1.29, 1.82) is 5.26 Å². The summed E-state index contributed by atoms with van der Waals surface area (Å²) < 4.78 is 63.6. The number of nitriles is 1. The number of rotatable bonds is 4. The summed E-state index contributed by atoms with van der Waals surface area (Å²) in [5.41, 5.74) is -4.04. The number of hydrogen-bond donors (Lipinski definition) is 0. The summed E-state index contributed by atoms with van der Waals surface area (Å²) in [6, 6.07) is 9.54. The van der Waals surface area contributed by atoms with Gasteiger partial charge in [-0.05, 0) is 50.6 Å². The van der Waals surface area contributed by atoms with E-state index in [-0.39, 0.29) is 25.0 Å². The molecule has 0 saturated carbocycles. The molecule has 37 heavy (non-hydrogen) atoms. The lowest BCUT2D eigenvalue weighted by molar-refractivity contribution is -0.138. The Morgan fingerprint density at radius 3 is 2.54 bits per heavy atom. The van der Waals surface area contributed by atoms with E-state index < -0.39 is 52.2 Å². The molecule has 4 aliphatic heterocycles. The van der Waals surface area contributed by atoms with Gasteiger partial charge in [-0.1, -0.05) is 0 Å². The fourth-order valence-electron chi connectivity index (χ4n) is 6.33. The van der Waals surface area contributed by atoms with Crippen LogP contribution >= 0.6 is 0 Å². The molecule has 0 unspecified atom stereocenters. The third-order valence-corrected chi connectivity index (χ3v) is 7.98. The summed E-state index contributed by atoms with van der Waals surface area (Å²) in [4.78, 5) is 27.9. The summed E-state index contributed by atoms with van der Waals surface area (Å²) in [5, 5.41) is 9.09. The maximum atomic E-state index is 13.6. The highest BCUT2D eigenvalue weighted by molar-refractivity contribution is 6.23. The van der Waals surface area contributed by atoms with Crippen molar-refractivity contribution in [3.63, 3.8) is 0 Å². The average Bonchev–Trinajstić information content (AvgIpc) is 3.54. The monoisotopic (exact) mass is 514 g/mol. The molecule has 2 aromatic carbocycles. The van der Waals surface area contributed by atoms with Gasteiger partial charge < -0.3 is 18.9 Å². The summed E-state index contributed by atoms with van der Waals surface area (Å²) in [6.45, 7) is 3.84. The maximum absolute atomic E-state index is 13.6. The number of imide groups is 1. The van der Waals surface area contributed by atoms with E-state index in [2.05, 4.69) is 0 Å². The van der Waals surface area contributed by atoms with Gasteiger partial charge in [0.2, 0.25) is 18.6 Å². The molecule has 192 valence electrons. The van der Waals surface area contributed by atoms with E-state index in [9.17, 15) is 22.8 Å². The molecule has 0 N–H and O–H groups in total. The molecular weight excluding hydrogens is 493 g/mol. The minimum absolute atomic E-state index is 0.130. The number of nitrogens with zero attached hydrogens (tertiary/aromatic N) is 2. The quantitative estimate of drug-likeness (QED) is 0.568. The molecule has 4 heterocycles. The molecule has 5 atom stereocenters. The topological polar surface area (TPSA) is 98.1 Å². The molecule has 2 bridgehead atoms. The van der Waals surface area contributed by atoms with E-state index in [1.165, 1.54) is 12.1 Å². The Labute approximate surface area is 209 Å². The third kappa shape index (κ3) is 3.31. The van der Waals surface area contributed by atoms with Crippen LogP contribution in [-0.4, -0.2) is 36.4 Å². The van der Waals surface area contributed by atoms with Crippen LogP contribution in [0.1, 0.15) is 31.4 Å². The largest absolute Gasteiger partial charge is 0.493 e. The second-order valence-corrected chi connectivity index (χ2v) is 10.1. The Kier molecular flexibility index (Phi) is 4.86.